The fraction of sp³-hybridized carbons (Fsp3) is 0.520. The lowest BCUT2D eigenvalue weighted by Crippen LogP contribution is -2.55. The number of benzene rings is 1. The Morgan fingerprint density at radius 1 is 1.38 bits per heavy atom. The van der Waals surface area contributed by atoms with Crippen LogP contribution >= 0.6 is 0 Å². The van der Waals surface area contributed by atoms with Gasteiger partial charge in [0.15, 0.2) is 0 Å². The fourth-order valence-electron chi connectivity index (χ4n) is 5.55. The van der Waals surface area contributed by atoms with Crippen LogP contribution in [0.5, 0.6) is 0 Å². The second-order valence-electron chi connectivity index (χ2n) is 8.92. The number of imide groups is 1. The Bertz CT molecular complexity index is 984. The lowest BCUT2D eigenvalue weighted by Gasteiger charge is -2.47. The molecule has 7 heteroatoms. The molecule has 0 radical (unpaired) electrons. The van der Waals surface area contributed by atoms with Crippen LogP contribution in [0, 0.1) is 5.92 Å². The molecule has 0 spiro atoms. The van der Waals surface area contributed by atoms with Crippen molar-refractivity contribution in [1.29, 1.82) is 0 Å². The van der Waals surface area contributed by atoms with Crippen molar-refractivity contribution in [3.8, 4) is 0 Å². The molecule has 1 aliphatic heterocycles. The third kappa shape index (κ3) is 4.19. The molecule has 0 saturated carbocycles. The highest BCUT2D eigenvalue weighted by molar-refractivity contribution is 5.96. The fourth-order valence-corrected chi connectivity index (χ4v) is 5.55. The highest BCUT2D eigenvalue weighted by Gasteiger charge is 2.43. The van der Waals surface area contributed by atoms with Crippen molar-refractivity contribution in [1.82, 2.24) is 25.4 Å². The number of aromatic amines is 1. The van der Waals surface area contributed by atoms with Gasteiger partial charge in [0.1, 0.15) is 0 Å². The van der Waals surface area contributed by atoms with Crippen LogP contribution in [0.3, 0.4) is 0 Å². The van der Waals surface area contributed by atoms with Gasteiger partial charge in [-0.25, -0.2) is 4.79 Å². The molecular formula is C25H35N5O2. The van der Waals surface area contributed by atoms with E-state index in [1.807, 2.05) is 20.0 Å². The van der Waals surface area contributed by atoms with E-state index in [1.165, 1.54) is 21.4 Å². The number of aromatic nitrogens is 1. The lowest BCUT2D eigenvalue weighted by atomic mass is 9.72. The quantitative estimate of drug-likeness (QED) is 0.438. The Balaban J connectivity index is 1.63. The first-order valence-electron chi connectivity index (χ1n) is 11.8. The predicted molar refractivity (Wildman–Crippen MR) is 128 cm³/mol. The van der Waals surface area contributed by atoms with Gasteiger partial charge >= 0.3 is 6.03 Å². The number of amides is 3. The molecule has 3 N–H and O–H groups in total. The second kappa shape index (κ2) is 9.88. The van der Waals surface area contributed by atoms with Gasteiger partial charge in [0.2, 0.25) is 5.91 Å². The number of hydrogen-bond acceptors (Lipinski definition) is 4. The summed E-state index contributed by atoms with van der Waals surface area (Å²) in [4.78, 5) is 33.6. The highest BCUT2D eigenvalue weighted by Crippen LogP contribution is 2.45. The van der Waals surface area contributed by atoms with E-state index < -0.39 is 0 Å². The Labute approximate surface area is 190 Å². The number of fused-ring (bicyclic) bond motifs is 2. The van der Waals surface area contributed by atoms with Crippen LogP contribution < -0.4 is 10.6 Å². The third-order valence-corrected chi connectivity index (χ3v) is 6.94. The van der Waals surface area contributed by atoms with Gasteiger partial charge in [-0.3, -0.25) is 14.6 Å². The Hall–Kier alpha value is -2.64. The first-order chi connectivity index (χ1) is 15.6. The maximum absolute atomic E-state index is 13.7. The number of nitrogens with one attached hydrogen (secondary N) is 3. The predicted octanol–water partition coefficient (Wildman–Crippen LogP) is 2.85. The molecule has 2 aliphatic rings. The molecule has 3 amide bonds. The summed E-state index contributed by atoms with van der Waals surface area (Å²) < 4.78 is 0. The minimum absolute atomic E-state index is 0.0633. The monoisotopic (exact) mass is 437 g/mol. The number of likely N-dealkylation sites (tertiary alicyclic amines) is 1. The summed E-state index contributed by atoms with van der Waals surface area (Å²) in [6, 6.07) is 6.48. The summed E-state index contributed by atoms with van der Waals surface area (Å²) in [5.41, 5.74) is 3.84. The van der Waals surface area contributed by atoms with E-state index in [0.717, 1.165) is 37.9 Å². The van der Waals surface area contributed by atoms with Crippen LogP contribution in [0.4, 0.5) is 4.79 Å². The zero-order valence-electron chi connectivity index (χ0n) is 19.2. The molecular weight excluding hydrogens is 402 g/mol. The number of carbonyl (C=O) groups excluding carboxylic acids is 2. The minimum Gasteiger partial charge on any atom is -0.361 e. The van der Waals surface area contributed by atoms with Crippen LogP contribution in [-0.4, -0.2) is 72.5 Å². The van der Waals surface area contributed by atoms with Crippen molar-refractivity contribution in [2.24, 2.45) is 5.92 Å². The summed E-state index contributed by atoms with van der Waals surface area (Å²) in [6.07, 6.45) is 6.53. The van der Waals surface area contributed by atoms with Gasteiger partial charge in [0.25, 0.3) is 0 Å². The van der Waals surface area contributed by atoms with E-state index in [4.69, 9.17) is 0 Å². The summed E-state index contributed by atoms with van der Waals surface area (Å²) in [5.74, 6) is -0.0196. The van der Waals surface area contributed by atoms with Crippen molar-refractivity contribution in [3.05, 3.63) is 48.2 Å². The molecule has 32 heavy (non-hydrogen) atoms. The van der Waals surface area contributed by atoms with E-state index in [0.29, 0.717) is 25.7 Å². The van der Waals surface area contributed by atoms with Crippen molar-refractivity contribution >= 4 is 22.8 Å². The average molecular weight is 438 g/mol. The molecule has 1 aromatic carbocycles. The van der Waals surface area contributed by atoms with E-state index in [1.54, 1.807) is 0 Å². The molecule has 0 bridgehead atoms. The van der Waals surface area contributed by atoms with E-state index >= 15 is 0 Å². The number of urea groups is 1. The molecule has 1 saturated heterocycles. The number of H-pyrrole nitrogens is 1. The normalized spacial score (nSPS) is 22.4. The van der Waals surface area contributed by atoms with Gasteiger partial charge in [0, 0.05) is 55.2 Å². The molecule has 172 valence electrons. The Morgan fingerprint density at radius 3 is 2.97 bits per heavy atom. The SMILES string of the molecule is C=CCN1C[C@H](C(=O)N(CCCNC)C(=O)NCC)C[C@@H]2c3cccc4[nH]cc(c34)C[C@H]21. The molecule has 2 aromatic rings. The zero-order chi connectivity index (χ0) is 22.7. The van der Waals surface area contributed by atoms with Crippen molar-refractivity contribution in [2.75, 3.05) is 39.8 Å². The molecule has 1 aromatic heterocycles. The zero-order valence-corrected chi connectivity index (χ0v) is 19.2. The standard InChI is InChI=1S/C25H35N5O2/c1-4-11-29-16-18(24(31)30(12-7-10-26-3)25(32)27-5-2)13-20-19-8-6-9-21-23(19)17(15-28-21)14-22(20)29/h4,6,8-9,15,18,20,22,26,28H,1,5,7,10-14,16H2,2-3H3,(H,27,32)/t18-,20-,22-/m1/s1. The van der Waals surface area contributed by atoms with Gasteiger partial charge in [-0.1, -0.05) is 18.2 Å². The number of piperidine rings is 1. The molecule has 1 fully saturated rings. The van der Waals surface area contributed by atoms with E-state index in [-0.39, 0.29) is 23.8 Å². The highest BCUT2D eigenvalue weighted by atomic mass is 16.2. The third-order valence-electron chi connectivity index (χ3n) is 6.94. The van der Waals surface area contributed by atoms with Gasteiger partial charge < -0.3 is 15.6 Å². The smallest absolute Gasteiger partial charge is 0.324 e. The second-order valence-corrected chi connectivity index (χ2v) is 8.92. The van der Waals surface area contributed by atoms with Crippen molar-refractivity contribution in [2.45, 2.75) is 38.1 Å². The van der Waals surface area contributed by atoms with Gasteiger partial charge in [0.05, 0.1) is 5.92 Å². The van der Waals surface area contributed by atoms with Crippen LogP contribution in [0.25, 0.3) is 10.9 Å². The summed E-state index contributed by atoms with van der Waals surface area (Å²) in [5, 5.41) is 7.24. The van der Waals surface area contributed by atoms with Crippen molar-refractivity contribution in [3.63, 3.8) is 0 Å². The summed E-state index contributed by atoms with van der Waals surface area (Å²) in [6.45, 7) is 8.92. The first-order valence-corrected chi connectivity index (χ1v) is 11.8. The van der Waals surface area contributed by atoms with Gasteiger partial charge in [-0.2, -0.15) is 0 Å². The van der Waals surface area contributed by atoms with Crippen LogP contribution in [0.1, 0.15) is 36.8 Å². The van der Waals surface area contributed by atoms with Crippen LogP contribution in [0.15, 0.2) is 37.1 Å². The largest absolute Gasteiger partial charge is 0.361 e. The van der Waals surface area contributed by atoms with Gasteiger partial charge in [-0.15, -0.1) is 6.58 Å². The molecule has 7 nitrogen and oxygen atoms in total. The molecule has 4 rings (SSSR count). The average Bonchev–Trinajstić information content (AvgIpc) is 3.21. The van der Waals surface area contributed by atoms with Crippen molar-refractivity contribution < 1.29 is 9.59 Å². The number of carbonyl (C=O) groups is 2. The summed E-state index contributed by atoms with van der Waals surface area (Å²) >= 11 is 0. The van der Waals surface area contributed by atoms with Crippen LogP contribution in [-0.2, 0) is 11.2 Å². The maximum atomic E-state index is 13.7. The Kier molecular flexibility index (Phi) is 6.96. The number of nitrogens with zero attached hydrogens (tertiary/aromatic N) is 2. The molecule has 3 atom stereocenters. The Morgan fingerprint density at radius 2 is 2.22 bits per heavy atom. The maximum Gasteiger partial charge on any atom is 0.324 e. The molecule has 0 unspecified atom stereocenters. The molecule has 2 heterocycles. The van der Waals surface area contributed by atoms with E-state index in [9.17, 15) is 9.59 Å². The minimum atomic E-state index is -0.287. The lowest BCUT2D eigenvalue weighted by molar-refractivity contribution is -0.135. The number of rotatable bonds is 8. The number of hydrogen-bond donors (Lipinski definition) is 3. The topological polar surface area (TPSA) is 80.5 Å². The molecule has 1 aliphatic carbocycles. The summed E-state index contributed by atoms with van der Waals surface area (Å²) in [7, 11) is 1.88. The van der Waals surface area contributed by atoms with Gasteiger partial charge in [-0.05, 0) is 57.0 Å². The first kappa shape index (κ1) is 22.6. The van der Waals surface area contributed by atoms with E-state index in [2.05, 4.69) is 51.5 Å². The van der Waals surface area contributed by atoms with Crippen LogP contribution in [0.2, 0.25) is 0 Å².